The van der Waals surface area contributed by atoms with Crippen LogP contribution in [0.15, 0.2) is 18.5 Å². The summed E-state index contributed by atoms with van der Waals surface area (Å²) >= 11 is 6.04. The zero-order valence-corrected chi connectivity index (χ0v) is 12.6. The van der Waals surface area contributed by atoms with Crippen LogP contribution in [0.5, 0.6) is 5.75 Å². The summed E-state index contributed by atoms with van der Waals surface area (Å²) in [5.74, 6) is 0.950. The van der Waals surface area contributed by atoms with Gasteiger partial charge in [-0.2, -0.15) is 0 Å². The molecule has 2 aliphatic rings. The minimum absolute atomic E-state index is 0.0529. The molecule has 0 unspecified atom stereocenters. The van der Waals surface area contributed by atoms with Crippen LogP contribution in [-0.4, -0.2) is 48.2 Å². The molecule has 0 N–H and O–H groups in total. The lowest BCUT2D eigenvalue weighted by atomic mass is 10.0. The molecule has 2 saturated heterocycles. The van der Waals surface area contributed by atoms with Crippen molar-refractivity contribution in [1.29, 1.82) is 0 Å². The normalized spacial score (nSPS) is 23.3. The van der Waals surface area contributed by atoms with Crippen LogP contribution in [0.25, 0.3) is 0 Å². The van der Waals surface area contributed by atoms with Crippen molar-refractivity contribution in [3.8, 4) is 5.75 Å². The Kier molecular flexibility index (Phi) is 4.60. The van der Waals surface area contributed by atoms with Gasteiger partial charge in [0, 0.05) is 51.0 Å². The highest BCUT2D eigenvalue weighted by atomic mass is 35.5. The number of nitrogens with zero attached hydrogens (tertiary/aromatic N) is 2. The summed E-state index contributed by atoms with van der Waals surface area (Å²) in [5.41, 5.74) is 0. The van der Waals surface area contributed by atoms with E-state index in [4.69, 9.17) is 21.1 Å². The van der Waals surface area contributed by atoms with Gasteiger partial charge in [-0.15, -0.1) is 0 Å². The van der Waals surface area contributed by atoms with Crippen LogP contribution >= 0.6 is 11.6 Å². The second-order valence-electron chi connectivity index (χ2n) is 5.51. The number of ether oxygens (including phenoxy) is 2. The molecule has 6 heteroatoms. The van der Waals surface area contributed by atoms with E-state index in [-0.39, 0.29) is 17.9 Å². The standard InChI is InChI=1S/C15H19ClN2O3/c16-13-9-17-5-1-14(13)21-12-2-6-18(7-3-12)15(19)11-4-8-20-10-11/h1,5,9,11-12H,2-4,6-8,10H2/t11-/m1/s1. The van der Waals surface area contributed by atoms with Crippen molar-refractivity contribution in [3.63, 3.8) is 0 Å². The monoisotopic (exact) mass is 310 g/mol. The topological polar surface area (TPSA) is 51.7 Å². The molecule has 2 aliphatic heterocycles. The van der Waals surface area contributed by atoms with Gasteiger partial charge in [-0.3, -0.25) is 9.78 Å². The Bertz CT molecular complexity index is 497. The van der Waals surface area contributed by atoms with E-state index in [2.05, 4.69) is 4.98 Å². The maximum Gasteiger partial charge on any atom is 0.228 e. The van der Waals surface area contributed by atoms with Gasteiger partial charge in [-0.25, -0.2) is 0 Å². The van der Waals surface area contributed by atoms with E-state index < -0.39 is 0 Å². The Labute approximate surface area is 129 Å². The SMILES string of the molecule is O=C([C@@H]1CCOC1)N1CCC(Oc2ccncc2Cl)CC1. The van der Waals surface area contributed by atoms with Gasteiger partial charge < -0.3 is 14.4 Å². The van der Waals surface area contributed by atoms with Gasteiger partial charge in [-0.05, 0) is 6.42 Å². The van der Waals surface area contributed by atoms with Crippen LogP contribution < -0.4 is 4.74 Å². The third-order valence-electron chi connectivity index (χ3n) is 4.06. The molecule has 0 bridgehead atoms. The largest absolute Gasteiger partial charge is 0.489 e. The predicted octanol–water partition coefficient (Wildman–Crippen LogP) is 2.14. The lowest BCUT2D eigenvalue weighted by Gasteiger charge is -2.33. The number of likely N-dealkylation sites (tertiary alicyclic amines) is 1. The van der Waals surface area contributed by atoms with Crippen molar-refractivity contribution in [3.05, 3.63) is 23.5 Å². The van der Waals surface area contributed by atoms with Crippen LogP contribution in [0, 0.1) is 5.92 Å². The lowest BCUT2D eigenvalue weighted by Crippen LogP contribution is -2.44. The minimum atomic E-state index is 0.0529. The quantitative estimate of drug-likeness (QED) is 0.858. The van der Waals surface area contributed by atoms with Gasteiger partial charge in [0.15, 0.2) is 0 Å². The molecule has 2 fully saturated rings. The summed E-state index contributed by atoms with van der Waals surface area (Å²) in [6.45, 7) is 2.75. The second kappa shape index (κ2) is 6.62. The van der Waals surface area contributed by atoms with Crippen LogP contribution in [-0.2, 0) is 9.53 Å². The molecule has 114 valence electrons. The zero-order valence-electron chi connectivity index (χ0n) is 11.8. The van der Waals surface area contributed by atoms with Crippen molar-refractivity contribution in [2.24, 2.45) is 5.92 Å². The first-order valence-electron chi connectivity index (χ1n) is 7.37. The first-order valence-corrected chi connectivity index (χ1v) is 7.74. The molecular formula is C15H19ClN2O3. The number of carbonyl (C=O) groups is 1. The van der Waals surface area contributed by atoms with E-state index in [0.29, 0.717) is 24.0 Å². The molecule has 0 radical (unpaired) electrons. The molecule has 0 aromatic carbocycles. The summed E-state index contributed by atoms with van der Waals surface area (Å²) in [6.07, 6.45) is 5.86. The number of halogens is 1. The highest BCUT2D eigenvalue weighted by molar-refractivity contribution is 6.31. The van der Waals surface area contributed by atoms with Gasteiger partial charge in [0.2, 0.25) is 5.91 Å². The van der Waals surface area contributed by atoms with E-state index in [9.17, 15) is 4.79 Å². The number of amides is 1. The van der Waals surface area contributed by atoms with E-state index in [1.807, 2.05) is 4.90 Å². The average Bonchev–Trinajstić information content (AvgIpc) is 3.04. The van der Waals surface area contributed by atoms with E-state index in [1.54, 1.807) is 18.5 Å². The molecule has 0 spiro atoms. The third-order valence-corrected chi connectivity index (χ3v) is 4.35. The maximum absolute atomic E-state index is 12.3. The third kappa shape index (κ3) is 3.47. The van der Waals surface area contributed by atoms with E-state index in [1.165, 1.54) is 0 Å². The van der Waals surface area contributed by atoms with Crippen molar-refractivity contribution in [2.45, 2.75) is 25.4 Å². The molecule has 0 aliphatic carbocycles. The van der Waals surface area contributed by atoms with Crippen molar-refractivity contribution in [2.75, 3.05) is 26.3 Å². The summed E-state index contributed by atoms with van der Waals surface area (Å²) in [7, 11) is 0. The first-order chi connectivity index (χ1) is 10.2. The number of piperidine rings is 1. The summed E-state index contributed by atoms with van der Waals surface area (Å²) < 4.78 is 11.2. The molecule has 1 aromatic heterocycles. The molecule has 3 rings (SSSR count). The summed E-state index contributed by atoms with van der Waals surface area (Å²) in [4.78, 5) is 18.2. The fraction of sp³-hybridized carbons (Fsp3) is 0.600. The van der Waals surface area contributed by atoms with E-state index in [0.717, 1.165) is 32.4 Å². The molecular weight excluding hydrogens is 292 g/mol. The lowest BCUT2D eigenvalue weighted by molar-refractivity contribution is -0.137. The van der Waals surface area contributed by atoms with Gasteiger partial charge in [0.25, 0.3) is 0 Å². The van der Waals surface area contributed by atoms with Crippen molar-refractivity contribution >= 4 is 17.5 Å². The second-order valence-corrected chi connectivity index (χ2v) is 5.92. The molecule has 3 heterocycles. The Morgan fingerprint density at radius 1 is 1.38 bits per heavy atom. The minimum Gasteiger partial charge on any atom is -0.489 e. The number of carbonyl (C=O) groups excluding carboxylic acids is 1. The smallest absolute Gasteiger partial charge is 0.228 e. The zero-order chi connectivity index (χ0) is 14.7. The molecule has 1 amide bonds. The number of aromatic nitrogens is 1. The molecule has 21 heavy (non-hydrogen) atoms. The summed E-state index contributed by atoms with van der Waals surface area (Å²) in [6, 6.07) is 1.77. The number of pyridine rings is 1. The fourth-order valence-electron chi connectivity index (χ4n) is 2.82. The Morgan fingerprint density at radius 3 is 2.86 bits per heavy atom. The summed E-state index contributed by atoms with van der Waals surface area (Å²) in [5, 5.41) is 0.527. The number of hydrogen-bond acceptors (Lipinski definition) is 4. The van der Waals surface area contributed by atoms with Crippen molar-refractivity contribution in [1.82, 2.24) is 9.88 Å². The van der Waals surface area contributed by atoms with Gasteiger partial charge in [-0.1, -0.05) is 11.6 Å². The maximum atomic E-state index is 12.3. The number of rotatable bonds is 3. The van der Waals surface area contributed by atoms with Gasteiger partial charge in [0.1, 0.15) is 16.9 Å². The van der Waals surface area contributed by atoms with Gasteiger partial charge >= 0.3 is 0 Å². The molecule has 5 nitrogen and oxygen atoms in total. The Hall–Kier alpha value is -1.33. The Balaban J connectivity index is 1.51. The highest BCUT2D eigenvalue weighted by Gasteiger charge is 2.31. The molecule has 1 aromatic rings. The highest BCUT2D eigenvalue weighted by Crippen LogP contribution is 2.26. The van der Waals surface area contributed by atoms with Crippen LogP contribution in [0.2, 0.25) is 5.02 Å². The van der Waals surface area contributed by atoms with Crippen molar-refractivity contribution < 1.29 is 14.3 Å². The first kappa shape index (κ1) is 14.6. The molecule has 0 saturated carbocycles. The predicted molar refractivity (Wildman–Crippen MR) is 78.4 cm³/mol. The average molecular weight is 311 g/mol. The molecule has 1 atom stereocenters. The number of hydrogen-bond donors (Lipinski definition) is 0. The van der Waals surface area contributed by atoms with Crippen LogP contribution in [0.1, 0.15) is 19.3 Å². The van der Waals surface area contributed by atoms with E-state index >= 15 is 0 Å². The van der Waals surface area contributed by atoms with Crippen LogP contribution in [0.3, 0.4) is 0 Å². The van der Waals surface area contributed by atoms with Crippen LogP contribution in [0.4, 0.5) is 0 Å². The van der Waals surface area contributed by atoms with Gasteiger partial charge in [0.05, 0.1) is 12.5 Å². The Morgan fingerprint density at radius 2 is 2.19 bits per heavy atom. The fourth-order valence-corrected chi connectivity index (χ4v) is 2.98.